The van der Waals surface area contributed by atoms with Crippen LogP contribution in [0.2, 0.25) is 0 Å². The van der Waals surface area contributed by atoms with Crippen LogP contribution in [-0.4, -0.2) is 60.0 Å². The predicted octanol–water partition coefficient (Wildman–Crippen LogP) is 1.35. The Bertz CT molecular complexity index is 411. The van der Waals surface area contributed by atoms with Gasteiger partial charge in [0.25, 0.3) is 0 Å². The SMILES string of the molecule is C[C@H]1CN(C)CCN1[C@@H](C)C(=O)NC1(C#N)CCCCC1. The van der Waals surface area contributed by atoms with Crippen LogP contribution in [-0.2, 0) is 4.79 Å². The zero-order chi connectivity index (χ0) is 15.5. The van der Waals surface area contributed by atoms with Crippen LogP contribution in [0.5, 0.6) is 0 Å². The summed E-state index contributed by atoms with van der Waals surface area (Å²) in [6, 6.07) is 2.57. The standard InChI is InChI=1S/C16H28N4O/c1-13-11-19(3)9-10-20(13)14(2)15(21)18-16(12-17)7-5-4-6-8-16/h13-14H,4-11H2,1-3H3,(H,18,21)/t13-,14-/m0/s1. The minimum atomic E-state index is -0.626. The molecule has 2 rings (SSSR count). The zero-order valence-corrected chi connectivity index (χ0v) is 13.6. The third-order valence-corrected chi connectivity index (χ3v) is 5.04. The second kappa shape index (κ2) is 6.76. The van der Waals surface area contributed by atoms with Gasteiger partial charge in [-0.15, -0.1) is 0 Å². The lowest BCUT2D eigenvalue weighted by Crippen LogP contribution is -2.60. The van der Waals surface area contributed by atoms with Gasteiger partial charge in [0.2, 0.25) is 5.91 Å². The van der Waals surface area contributed by atoms with Gasteiger partial charge in [-0.1, -0.05) is 19.3 Å². The molecule has 1 saturated heterocycles. The summed E-state index contributed by atoms with van der Waals surface area (Å²) in [4.78, 5) is 17.1. The average Bonchev–Trinajstić information content (AvgIpc) is 2.47. The number of hydrogen-bond donors (Lipinski definition) is 1. The summed E-state index contributed by atoms with van der Waals surface area (Å²) in [5.41, 5.74) is -0.626. The first kappa shape index (κ1) is 16.3. The summed E-state index contributed by atoms with van der Waals surface area (Å²) in [6.07, 6.45) is 4.82. The lowest BCUT2D eigenvalue weighted by atomic mass is 9.82. The van der Waals surface area contributed by atoms with Crippen molar-refractivity contribution in [3.8, 4) is 6.07 Å². The summed E-state index contributed by atoms with van der Waals surface area (Å²) in [7, 11) is 2.12. The summed E-state index contributed by atoms with van der Waals surface area (Å²) >= 11 is 0. The summed E-state index contributed by atoms with van der Waals surface area (Å²) in [5, 5.41) is 12.5. The fourth-order valence-corrected chi connectivity index (χ4v) is 3.64. The van der Waals surface area contributed by atoms with E-state index in [4.69, 9.17) is 0 Å². The van der Waals surface area contributed by atoms with Crippen LogP contribution in [0.1, 0.15) is 46.0 Å². The number of nitrogens with zero attached hydrogens (tertiary/aromatic N) is 3. The summed E-state index contributed by atoms with van der Waals surface area (Å²) in [5.74, 6) is 0.00912. The van der Waals surface area contributed by atoms with Gasteiger partial charge in [-0.2, -0.15) is 5.26 Å². The van der Waals surface area contributed by atoms with Crippen LogP contribution >= 0.6 is 0 Å². The maximum Gasteiger partial charge on any atom is 0.238 e. The Hall–Kier alpha value is -1.12. The molecule has 5 nitrogen and oxygen atoms in total. The Kier molecular flexibility index (Phi) is 5.23. The number of piperazine rings is 1. The van der Waals surface area contributed by atoms with Crippen LogP contribution in [0, 0.1) is 11.3 Å². The number of carbonyl (C=O) groups is 1. The first-order chi connectivity index (χ1) is 9.97. The van der Waals surface area contributed by atoms with Crippen LogP contribution in [0.3, 0.4) is 0 Å². The Morgan fingerprint density at radius 3 is 2.57 bits per heavy atom. The van der Waals surface area contributed by atoms with Gasteiger partial charge in [0, 0.05) is 25.7 Å². The molecule has 0 aromatic rings. The van der Waals surface area contributed by atoms with Gasteiger partial charge >= 0.3 is 0 Å². The van der Waals surface area contributed by atoms with Gasteiger partial charge < -0.3 is 10.2 Å². The molecule has 2 fully saturated rings. The fourth-order valence-electron chi connectivity index (χ4n) is 3.64. The molecule has 1 aliphatic heterocycles. The number of amides is 1. The second-order valence-electron chi connectivity index (χ2n) is 6.77. The van der Waals surface area contributed by atoms with Crippen molar-refractivity contribution >= 4 is 5.91 Å². The summed E-state index contributed by atoms with van der Waals surface area (Å²) in [6.45, 7) is 7.02. The molecule has 0 unspecified atom stereocenters. The lowest BCUT2D eigenvalue weighted by molar-refractivity contribution is -0.129. The van der Waals surface area contributed by atoms with E-state index in [1.807, 2.05) is 6.92 Å². The van der Waals surface area contributed by atoms with Crippen LogP contribution in [0.25, 0.3) is 0 Å². The molecule has 2 atom stereocenters. The molecule has 1 aliphatic carbocycles. The van der Waals surface area contributed by atoms with Crippen molar-refractivity contribution in [3.63, 3.8) is 0 Å². The van der Waals surface area contributed by atoms with Crippen molar-refractivity contribution in [1.29, 1.82) is 5.26 Å². The Morgan fingerprint density at radius 1 is 1.33 bits per heavy atom. The largest absolute Gasteiger partial charge is 0.336 e. The third-order valence-electron chi connectivity index (χ3n) is 5.04. The topological polar surface area (TPSA) is 59.4 Å². The van der Waals surface area contributed by atoms with E-state index in [0.717, 1.165) is 45.3 Å². The van der Waals surface area contributed by atoms with Crippen LogP contribution < -0.4 is 5.32 Å². The van der Waals surface area contributed by atoms with Gasteiger partial charge in [-0.25, -0.2) is 0 Å². The number of carbonyl (C=O) groups excluding carboxylic acids is 1. The van der Waals surface area contributed by atoms with E-state index < -0.39 is 5.54 Å². The van der Waals surface area contributed by atoms with E-state index >= 15 is 0 Å². The number of nitriles is 1. The number of rotatable bonds is 3. The monoisotopic (exact) mass is 292 g/mol. The first-order valence-electron chi connectivity index (χ1n) is 8.15. The maximum atomic E-state index is 12.6. The minimum absolute atomic E-state index is 0.00912. The van der Waals surface area contributed by atoms with E-state index in [0.29, 0.717) is 6.04 Å². The molecule has 21 heavy (non-hydrogen) atoms. The van der Waals surface area contributed by atoms with Crippen LogP contribution in [0.4, 0.5) is 0 Å². The van der Waals surface area contributed by atoms with Gasteiger partial charge in [-0.05, 0) is 33.7 Å². The highest BCUT2D eigenvalue weighted by Gasteiger charge is 2.37. The molecule has 0 bridgehead atoms. The predicted molar refractivity (Wildman–Crippen MR) is 82.7 cm³/mol. The molecular formula is C16H28N4O. The zero-order valence-electron chi connectivity index (χ0n) is 13.6. The molecule has 0 aromatic heterocycles. The Balaban J connectivity index is 1.97. The smallest absolute Gasteiger partial charge is 0.238 e. The van der Waals surface area contributed by atoms with E-state index in [1.165, 1.54) is 6.42 Å². The molecule has 1 N–H and O–H groups in total. The van der Waals surface area contributed by atoms with Crippen molar-refractivity contribution in [2.45, 2.75) is 63.6 Å². The van der Waals surface area contributed by atoms with E-state index in [-0.39, 0.29) is 11.9 Å². The number of nitrogens with one attached hydrogen (secondary N) is 1. The number of hydrogen-bond acceptors (Lipinski definition) is 4. The molecule has 1 saturated carbocycles. The first-order valence-corrected chi connectivity index (χ1v) is 8.15. The third kappa shape index (κ3) is 3.75. The maximum absolute atomic E-state index is 12.6. The minimum Gasteiger partial charge on any atom is -0.336 e. The molecule has 0 aromatic carbocycles. The quantitative estimate of drug-likeness (QED) is 0.853. The van der Waals surface area contributed by atoms with Gasteiger partial charge in [-0.3, -0.25) is 9.69 Å². The lowest BCUT2D eigenvalue weighted by Gasteiger charge is -2.42. The van der Waals surface area contributed by atoms with E-state index in [2.05, 4.69) is 35.2 Å². The highest BCUT2D eigenvalue weighted by molar-refractivity contribution is 5.82. The Labute approximate surface area is 128 Å². The number of likely N-dealkylation sites (N-methyl/N-ethyl adjacent to an activating group) is 1. The molecule has 118 valence electrons. The van der Waals surface area contributed by atoms with Crippen molar-refractivity contribution in [3.05, 3.63) is 0 Å². The molecule has 5 heteroatoms. The Morgan fingerprint density at radius 2 is 2.00 bits per heavy atom. The van der Waals surface area contributed by atoms with E-state index in [9.17, 15) is 10.1 Å². The normalized spacial score (nSPS) is 28.6. The highest BCUT2D eigenvalue weighted by Crippen LogP contribution is 2.28. The highest BCUT2D eigenvalue weighted by atomic mass is 16.2. The second-order valence-corrected chi connectivity index (χ2v) is 6.77. The molecule has 0 spiro atoms. The molecule has 1 heterocycles. The average molecular weight is 292 g/mol. The molecule has 1 amide bonds. The van der Waals surface area contributed by atoms with Gasteiger partial charge in [0.1, 0.15) is 5.54 Å². The molecule has 0 radical (unpaired) electrons. The van der Waals surface area contributed by atoms with E-state index in [1.54, 1.807) is 0 Å². The van der Waals surface area contributed by atoms with Crippen molar-refractivity contribution < 1.29 is 4.79 Å². The molecular weight excluding hydrogens is 264 g/mol. The van der Waals surface area contributed by atoms with Gasteiger partial charge in [0.05, 0.1) is 12.1 Å². The van der Waals surface area contributed by atoms with Crippen molar-refractivity contribution in [2.75, 3.05) is 26.7 Å². The van der Waals surface area contributed by atoms with Crippen LogP contribution in [0.15, 0.2) is 0 Å². The van der Waals surface area contributed by atoms with Crippen molar-refractivity contribution in [2.24, 2.45) is 0 Å². The summed E-state index contributed by atoms with van der Waals surface area (Å²) < 4.78 is 0. The van der Waals surface area contributed by atoms with Crippen molar-refractivity contribution in [1.82, 2.24) is 15.1 Å². The fraction of sp³-hybridized carbons (Fsp3) is 0.875. The molecule has 2 aliphatic rings. The van der Waals surface area contributed by atoms with Gasteiger partial charge in [0.15, 0.2) is 0 Å².